The highest BCUT2D eigenvalue weighted by Crippen LogP contribution is 2.44. The van der Waals surface area contributed by atoms with Crippen LogP contribution in [0.15, 0.2) is 78.4 Å². The Morgan fingerprint density at radius 2 is 1.72 bits per heavy atom. The van der Waals surface area contributed by atoms with E-state index in [4.69, 9.17) is 14.7 Å². The number of amides is 1. The van der Waals surface area contributed by atoms with Crippen LogP contribution in [-0.4, -0.2) is 66.2 Å². The molecule has 2 aromatic carbocycles. The lowest BCUT2D eigenvalue weighted by molar-refractivity contribution is -0.0580. The molecule has 1 amide bonds. The van der Waals surface area contributed by atoms with Gasteiger partial charge in [0, 0.05) is 29.8 Å². The molecule has 0 radical (unpaired) electrons. The van der Waals surface area contributed by atoms with Crippen LogP contribution in [0.2, 0.25) is 5.04 Å². The lowest BCUT2D eigenvalue weighted by Crippen LogP contribution is -2.71. The highest BCUT2D eigenvalue weighted by Gasteiger charge is 2.61. The van der Waals surface area contributed by atoms with E-state index < -0.39 is 43.1 Å². The van der Waals surface area contributed by atoms with Gasteiger partial charge in [0.1, 0.15) is 0 Å². The van der Waals surface area contributed by atoms with Crippen LogP contribution in [0.4, 0.5) is 4.79 Å². The first kappa shape index (κ1) is 38.5. The molecular weight excluding hydrogens is 627 g/mol. The van der Waals surface area contributed by atoms with E-state index in [1.165, 1.54) is 0 Å². The summed E-state index contributed by atoms with van der Waals surface area (Å²) in [5.41, 5.74) is 7.66. The van der Waals surface area contributed by atoms with Crippen molar-refractivity contribution in [2.24, 2.45) is 5.11 Å². The maximum Gasteiger partial charge on any atom is 0.410 e. The third-order valence-corrected chi connectivity index (χ3v) is 15.5. The molecule has 1 fully saturated rings. The summed E-state index contributed by atoms with van der Waals surface area (Å²) in [4.78, 5) is 18.5. The first-order valence-corrected chi connectivity index (χ1v) is 20.3. The number of carbonyl (C=O) groups excluding carboxylic acids is 1. The van der Waals surface area contributed by atoms with Gasteiger partial charge in [0.25, 0.3) is 8.32 Å². The third-order valence-electron chi connectivity index (χ3n) is 9.20. The van der Waals surface area contributed by atoms with Gasteiger partial charge in [-0.1, -0.05) is 119 Å². The minimum atomic E-state index is -3.03. The second-order valence-electron chi connectivity index (χ2n) is 13.5. The van der Waals surface area contributed by atoms with Crippen LogP contribution in [-0.2, 0) is 20.1 Å². The lowest BCUT2D eigenvalue weighted by Gasteiger charge is -2.49. The van der Waals surface area contributed by atoms with Gasteiger partial charge in [-0.05, 0) is 60.0 Å². The zero-order valence-electron chi connectivity index (χ0n) is 29.2. The molecule has 1 aliphatic heterocycles. The average Bonchev–Trinajstić information content (AvgIpc) is 3.31. The van der Waals surface area contributed by atoms with Crippen molar-refractivity contribution in [2.45, 2.75) is 115 Å². The standard InChI is InChI=1S/C36H55N5O4SSi/c1-8-11-20-28-46(43)39-31(21-9-2)33-36(7,44-34(42)41(33)27-19-18-26-38-40-37)32(10-3)45-47(35(4,5)6,29-22-14-12-15-23-29)30-24-16-13-17-25-30/h9,12-17,22-25,31-33,39H,2,8,10-11,18-21,26-28H2,1,3-7H3/t31-,32-,33-,36-,46+/m1/s1. The van der Waals surface area contributed by atoms with Crippen molar-refractivity contribution in [1.29, 1.82) is 0 Å². The van der Waals surface area contributed by atoms with E-state index in [0.717, 1.165) is 29.6 Å². The highest BCUT2D eigenvalue weighted by molar-refractivity contribution is 7.83. The number of nitrogens with one attached hydrogen (secondary N) is 1. The summed E-state index contributed by atoms with van der Waals surface area (Å²) < 4.78 is 30.9. The second-order valence-corrected chi connectivity index (χ2v) is 19.1. The largest absolute Gasteiger partial charge is 0.438 e. The Labute approximate surface area is 285 Å². The van der Waals surface area contributed by atoms with Gasteiger partial charge in [-0.3, -0.25) is 4.90 Å². The van der Waals surface area contributed by atoms with Crippen molar-refractivity contribution in [1.82, 2.24) is 9.62 Å². The number of nitrogens with zero attached hydrogens (tertiary/aromatic N) is 4. The van der Waals surface area contributed by atoms with Gasteiger partial charge >= 0.3 is 6.09 Å². The topological polar surface area (TPSA) is 117 Å². The van der Waals surface area contributed by atoms with Crippen molar-refractivity contribution in [3.05, 3.63) is 83.8 Å². The second kappa shape index (κ2) is 18.0. The summed E-state index contributed by atoms with van der Waals surface area (Å²) in [6.07, 6.45) is 6.15. The van der Waals surface area contributed by atoms with Crippen LogP contribution in [0.5, 0.6) is 0 Å². The Balaban J connectivity index is 2.16. The van der Waals surface area contributed by atoms with Gasteiger partial charge in [-0.15, -0.1) is 6.58 Å². The molecule has 0 aliphatic carbocycles. The molecule has 2 aromatic rings. The smallest absolute Gasteiger partial charge is 0.410 e. The quantitative estimate of drug-likeness (QED) is 0.0392. The first-order chi connectivity index (χ1) is 22.5. The van der Waals surface area contributed by atoms with E-state index in [9.17, 15) is 9.00 Å². The zero-order chi connectivity index (χ0) is 34.5. The predicted octanol–water partition coefficient (Wildman–Crippen LogP) is 7.40. The predicted molar refractivity (Wildman–Crippen MR) is 196 cm³/mol. The highest BCUT2D eigenvalue weighted by atomic mass is 32.2. The van der Waals surface area contributed by atoms with Gasteiger partial charge in [0.05, 0.1) is 23.1 Å². The van der Waals surface area contributed by atoms with Crippen LogP contribution in [0.25, 0.3) is 10.4 Å². The summed E-state index contributed by atoms with van der Waals surface area (Å²) in [6.45, 7) is 17.7. The van der Waals surface area contributed by atoms with Crippen LogP contribution in [0, 0.1) is 0 Å². The van der Waals surface area contributed by atoms with Gasteiger partial charge in [-0.25, -0.2) is 13.7 Å². The molecular formula is C36H55N5O4SSi. The lowest BCUT2D eigenvalue weighted by atomic mass is 9.83. The molecule has 1 saturated heterocycles. The Morgan fingerprint density at radius 1 is 1.11 bits per heavy atom. The van der Waals surface area contributed by atoms with E-state index in [1.807, 2.05) is 25.1 Å². The van der Waals surface area contributed by atoms with Crippen LogP contribution >= 0.6 is 0 Å². The number of benzene rings is 2. The van der Waals surface area contributed by atoms with Crippen molar-refractivity contribution in [3.63, 3.8) is 0 Å². The average molecular weight is 682 g/mol. The molecule has 3 rings (SSSR count). The fraction of sp³-hybridized carbons (Fsp3) is 0.583. The number of cyclic esters (lactones) is 1. The summed E-state index contributed by atoms with van der Waals surface area (Å²) in [5.74, 6) is 0.529. The molecule has 5 atom stereocenters. The van der Waals surface area contributed by atoms with Crippen molar-refractivity contribution >= 4 is 35.8 Å². The number of hydrogen-bond acceptors (Lipinski definition) is 5. The molecule has 0 bridgehead atoms. The zero-order valence-corrected chi connectivity index (χ0v) is 31.0. The summed E-state index contributed by atoms with van der Waals surface area (Å²) in [5, 5.41) is 5.68. The number of unbranched alkanes of at least 4 members (excludes halogenated alkanes) is 3. The molecule has 0 spiro atoms. The maximum absolute atomic E-state index is 13.9. The molecule has 258 valence electrons. The minimum Gasteiger partial charge on any atom is -0.438 e. The first-order valence-electron chi connectivity index (χ1n) is 17.0. The molecule has 1 N–H and O–H groups in total. The normalized spacial score (nSPS) is 20.3. The number of azide groups is 1. The molecule has 47 heavy (non-hydrogen) atoms. The van der Waals surface area contributed by atoms with Gasteiger partial charge < -0.3 is 9.16 Å². The fourth-order valence-electron chi connectivity index (χ4n) is 6.98. The maximum atomic E-state index is 13.9. The molecule has 0 saturated carbocycles. The Hall–Kier alpha value is -2.95. The molecule has 1 heterocycles. The third kappa shape index (κ3) is 9.15. The molecule has 0 unspecified atom stereocenters. The van der Waals surface area contributed by atoms with Crippen molar-refractivity contribution < 1.29 is 18.2 Å². The summed E-state index contributed by atoms with van der Waals surface area (Å²) >= 11 is 0. The van der Waals surface area contributed by atoms with E-state index >= 15 is 0 Å². The number of ether oxygens (including phenoxy) is 1. The molecule has 9 nitrogen and oxygen atoms in total. The summed E-state index contributed by atoms with van der Waals surface area (Å²) in [6, 6.07) is 20.1. The SMILES string of the molecule is C=CC[C@@H](N[S@@](=O)CCCCC)[C@H]1N(CCCCN=[N+]=[N-])C(=O)O[C@]1(C)[C@@H](CC)O[Si](c1ccccc1)(c1ccccc1)C(C)(C)C. The van der Waals surface area contributed by atoms with E-state index in [2.05, 4.69) is 104 Å². The minimum absolute atomic E-state index is 0.280. The monoisotopic (exact) mass is 681 g/mol. The number of hydrogen-bond donors (Lipinski definition) is 1. The van der Waals surface area contributed by atoms with Crippen molar-refractivity contribution in [2.75, 3.05) is 18.8 Å². The van der Waals surface area contributed by atoms with Crippen LogP contribution in [0.3, 0.4) is 0 Å². The van der Waals surface area contributed by atoms with E-state index in [-0.39, 0.29) is 11.1 Å². The van der Waals surface area contributed by atoms with Crippen LogP contribution < -0.4 is 15.1 Å². The summed E-state index contributed by atoms with van der Waals surface area (Å²) in [7, 11) is -4.33. The number of carbonyl (C=O) groups is 1. The Kier molecular flexibility index (Phi) is 14.7. The van der Waals surface area contributed by atoms with E-state index in [0.29, 0.717) is 44.5 Å². The number of rotatable bonds is 20. The van der Waals surface area contributed by atoms with Crippen molar-refractivity contribution in [3.8, 4) is 0 Å². The molecule has 0 aromatic heterocycles. The molecule has 1 aliphatic rings. The Morgan fingerprint density at radius 3 is 2.23 bits per heavy atom. The van der Waals surface area contributed by atoms with Gasteiger partial charge in [-0.2, -0.15) is 0 Å². The fourth-order valence-corrected chi connectivity index (χ4v) is 13.0. The Bertz CT molecular complexity index is 1310. The van der Waals surface area contributed by atoms with Crippen LogP contribution in [0.1, 0.15) is 86.5 Å². The van der Waals surface area contributed by atoms with Gasteiger partial charge in [0.15, 0.2) is 5.60 Å². The van der Waals surface area contributed by atoms with Gasteiger partial charge in [0.2, 0.25) is 0 Å². The van der Waals surface area contributed by atoms with E-state index in [1.54, 1.807) is 4.90 Å². The molecule has 11 heteroatoms.